The maximum Gasteiger partial charge on any atom is 0.246 e. The lowest BCUT2D eigenvalue weighted by Crippen LogP contribution is -2.54. The SMILES string of the molecule is C=CC(=O)N1CCN(c2nc(C3CN(C(C)C)C3)nc3c(F)c4c(cc23)C(Cl)c2cccc(F)c2-4)CC1C. The summed E-state index contributed by atoms with van der Waals surface area (Å²) in [5.74, 6) is 0.136. The molecule has 2 unspecified atom stereocenters. The van der Waals surface area contributed by atoms with Crippen LogP contribution in [0.4, 0.5) is 14.6 Å². The highest BCUT2D eigenvalue weighted by atomic mass is 35.5. The first kappa shape index (κ1) is 25.2. The maximum atomic E-state index is 16.4. The minimum absolute atomic E-state index is 0.0822. The van der Waals surface area contributed by atoms with Gasteiger partial charge in [0.25, 0.3) is 0 Å². The second-order valence-corrected chi connectivity index (χ2v) is 11.2. The first-order valence-electron chi connectivity index (χ1n) is 13.1. The highest BCUT2D eigenvalue weighted by molar-refractivity contribution is 6.25. The fourth-order valence-electron chi connectivity index (χ4n) is 6.00. The molecule has 3 aromatic rings. The Kier molecular flexibility index (Phi) is 6.15. The van der Waals surface area contributed by atoms with E-state index in [9.17, 15) is 9.18 Å². The number of aromatic nitrogens is 2. The lowest BCUT2D eigenvalue weighted by Gasteiger charge is -2.42. The summed E-state index contributed by atoms with van der Waals surface area (Å²) in [6, 6.07) is 6.82. The van der Waals surface area contributed by atoms with E-state index < -0.39 is 17.0 Å². The fourth-order valence-corrected chi connectivity index (χ4v) is 6.35. The largest absolute Gasteiger partial charge is 0.352 e. The predicted molar refractivity (Wildman–Crippen MR) is 146 cm³/mol. The van der Waals surface area contributed by atoms with Crippen LogP contribution in [-0.4, -0.2) is 70.5 Å². The molecule has 2 saturated heterocycles. The van der Waals surface area contributed by atoms with E-state index in [4.69, 9.17) is 21.6 Å². The number of rotatable bonds is 4. The number of alkyl halides is 1. The summed E-state index contributed by atoms with van der Waals surface area (Å²) in [4.78, 5) is 28.3. The molecule has 0 radical (unpaired) electrons. The molecule has 1 aliphatic carbocycles. The first-order chi connectivity index (χ1) is 18.2. The van der Waals surface area contributed by atoms with Crippen LogP contribution in [0.15, 0.2) is 36.9 Å². The Morgan fingerprint density at radius 2 is 1.89 bits per heavy atom. The minimum atomic E-state index is -0.672. The van der Waals surface area contributed by atoms with Crippen molar-refractivity contribution in [3.63, 3.8) is 0 Å². The van der Waals surface area contributed by atoms with Gasteiger partial charge in [-0.3, -0.25) is 9.69 Å². The van der Waals surface area contributed by atoms with Gasteiger partial charge >= 0.3 is 0 Å². The maximum absolute atomic E-state index is 16.4. The molecule has 0 spiro atoms. The topological polar surface area (TPSA) is 52.6 Å². The van der Waals surface area contributed by atoms with E-state index in [2.05, 4.69) is 30.2 Å². The van der Waals surface area contributed by atoms with Gasteiger partial charge in [0.15, 0.2) is 5.82 Å². The second kappa shape index (κ2) is 9.27. The number of amides is 1. The molecule has 3 heterocycles. The Balaban J connectivity index is 1.50. The van der Waals surface area contributed by atoms with Crippen LogP contribution in [0.5, 0.6) is 0 Å². The van der Waals surface area contributed by atoms with Gasteiger partial charge in [-0.05, 0) is 50.1 Å². The summed E-state index contributed by atoms with van der Waals surface area (Å²) in [5, 5.41) is -0.117. The van der Waals surface area contributed by atoms with Gasteiger partial charge in [-0.15, -0.1) is 11.6 Å². The molecule has 198 valence electrons. The van der Waals surface area contributed by atoms with Crippen molar-refractivity contribution in [2.75, 3.05) is 37.6 Å². The fraction of sp³-hybridized carbons (Fsp3) is 0.414. The smallest absolute Gasteiger partial charge is 0.246 e. The van der Waals surface area contributed by atoms with Gasteiger partial charge in [-0.25, -0.2) is 18.7 Å². The van der Waals surface area contributed by atoms with Crippen LogP contribution >= 0.6 is 11.6 Å². The summed E-state index contributed by atoms with van der Waals surface area (Å²) < 4.78 is 31.3. The molecular formula is C29H30ClF2N5O. The van der Waals surface area contributed by atoms with Crippen molar-refractivity contribution >= 4 is 34.2 Å². The van der Waals surface area contributed by atoms with Crippen LogP contribution in [0.2, 0.25) is 0 Å². The number of halogens is 3. The van der Waals surface area contributed by atoms with Gasteiger partial charge in [0.05, 0.1) is 5.38 Å². The molecule has 2 fully saturated rings. The molecule has 3 aliphatic rings. The van der Waals surface area contributed by atoms with E-state index in [1.165, 1.54) is 12.1 Å². The summed E-state index contributed by atoms with van der Waals surface area (Å²) in [6.45, 7) is 13.1. The molecule has 2 aromatic carbocycles. The monoisotopic (exact) mass is 537 g/mol. The Morgan fingerprint density at radius 3 is 2.58 bits per heavy atom. The number of nitrogens with zero attached hydrogens (tertiary/aromatic N) is 5. The number of carbonyl (C=O) groups is 1. The molecule has 6 rings (SSSR count). The van der Waals surface area contributed by atoms with Crippen molar-refractivity contribution in [2.45, 2.75) is 44.1 Å². The normalized spacial score (nSPS) is 21.6. The summed E-state index contributed by atoms with van der Waals surface area (Å²) in [5.41, 5.74) is 1.67. The highest BCUT2D eigenvalue weighted by Gasteiger charge is 2.37. The quantitative estimate of drug-likeness (QED) is 0.336. The van der Waals surface area contributed by atoms with Gasteiger partial charge in [0.1, 0.15) is 23.0 Å². The number of hydrogen-bond donors (Lipinski definition) is 0. The third-order valence-corrected chi connectivity index (χ3v) is 8.66. The van der Waals surface area contributed by atoms with E-state index in [0.29, 0.717) is 53.8 Å². The Hall–Kier alpha value is -3.10. The van der Waals surface area contributed by atoms with Gasteiger partial charge in [0, 0.05) is 67.2 Å². The molecular weight excluding hydrogens is 508 g/mol. The molecule has 1 amide bonds. The standard InChI is InChI=1S/C29H30ClF2N5O/c1-5-22(38)37-10-9-35(12-16(37)4)29-20-11-19-24(23-18(25(19)30)7-6-8-21(23)31)26(32)27(20)33-28(34-29)17-13-36(14-17)15(2)3/h5-8,11,15-17,25H,1,9-10,12-14H2,2-4H3. The number of likely N-dealkylation sites (tertiary alicyclic amines) is 1. The average molecular weight is 538 g/mol. The van der Waals surface area contributed by atoms with Gasteiger partial charge < -0.3 is 9.80 Å². The van der Waals surface area contributed by atoms with Crippen molar-refractivity contribution < 1.29 is 13.6 Å². The second-order valence-electron chi connectivity index (χ2n) is 10.8. The molecule has 1 aromatic heterocycles. The third-order valence-electron chi connectivity index (χ3n) is 8.19. The number of benzene rings is 2. The van der Waals surface area contributed by atoms with E-state index in [-0.39, 0.29) is 34.5 Å². The van der Waals surface area contributed by atoms with Gasteiger partial charge in [0.2, 0.25) is 5.91 Å². The van der Waals surface area contributed by atoms with E-state index in [1.54, 1.807) is 17.0 Å². The molecule has 0 bridgehead atoms. The van der Waals surface area contributed by atoms with Crippen LogP contribution in [0.3, 0.4) is 0 Å². The van der Waals surface area contributed by atoms with E-state index >= 15 is 4.39 Å². The third kappa shape index (κ3) is 3.80. The van der Waals surface area contributed by atoms with Crippen molar-refractivity contribution in [1.82, 2.24) is 19.8 Å². The van der Waals surface area contributed by atoms with Crippen molar-refractivity contribution in [2.24, 2.45) is 0 Å². The van der Waals surface area contributed by atoms with Crippen molar-refractivity contribution in [1.29, 1.82) is 0 Å². The molecule has 9 heteroatoms. The Morgan fingerprint density at radius 1 is 1.13 bits per heavy atom. The predicted octanol–water partition coefficient (Wildman–Crippen LogP) is 5.25. The van der Waals surface area contributed by atoms with Crippen LogP contribution in [0, 0.1) is 11.6 Å². The Bertz CT molecular complexity index is 1470. The molecule has 0 N–H and O–H groups in total. The summed E-state index contributed by atoms with van der Waals surface area (Å²) in [7, 11) is 0. The zero-order valence-electron chi connectivity index (χ0n) is 21.7. The number of carbonyl (C=O) groups excluding carboxylic acids is 1. The molecule has 38 heavy (non-hydrogen) atoms. The molecule has 0 saturated carbocycles. The molecule has 6 nitrogen and oxygen atoms in total. The minimum Gasteiger partial charge on any atom is -0.352 e. The number of fused-ring (bicyclic) bond motifs is 4. The van der Waals surface area contributed by atoms with Crippen molar-refractivity contribution in [3.05, 3.63) is 65.5 Å². The van der Waals surface area contributed by atoms with Gasteiger partial charge in [-0.1, -0.05) is 18.7 Å². The van der Waals surface area contributed by atoms with Crippen LogP contribution in [0.1, 0.15) is 49.0 Å². The summed E-state index contributed by atoms with van der Waals surface area (Å²) >= 11 is 6.76. The lowest BCUT2D eigenvalue weighted by atomic mass is 9.96. The van der Waals surface area contributed by atoms with Gasteiger partial charge in [-0.2, -0.15) is 0 Å². The number of hydrogen-bond acceptors (Lipinski definition) is 5. The van der Waals surface area contributed by atoms with E-state index in [1.807, 2.05) is 13.0 Å². The van der Waals surface area contributed by atoms with Crippen molar-refractivity contribution in [3.8, 4) is 11.1 Å². The molecule has 2 aliphatic heterocycles. The highest BCUT2D eigenvalue weighted by Crippen LogP contribution is 2.51. The zero-order chi connectivity index (χ0) is 26.9. The lowest BCUT2D eigenvalue weighted by molar-refractivity contribution is -0.128. The molecule has 2 atom stereocenters. The average Bonchev–Trinajstić information content (AvgIpc) is 3.15. The summed E-state index contributed by atoms with van der Waals surface area (Å²) in [6.07, 6.45) is 1.33. The number of anilines is 1. The van der Waals surface area contributed by atoms with Crippen LogP contribution in [0.25, 0.3) is 22.0 Å². The zero-order valence-corrected chi connectivity index (χ0v) is 22.5. The first-order valence-corrected chi connectivity index (χ1v) is 13.5. The van der Waals surface area contributed by atoms with Crippen LogP contribution in [-0.2, 0) is 4.79 Å². The number of piperazine rings is 1. The van der Waals surface area contributed by atoms with Crippen LogP contribution < -0.4 is 4.90 Å². The van der Waals surface area contributed by atoms with E-state index in [0.717, 1.165) is 13.1 Å². The Labute approximate surface area is 225 Å².